The molecule has 0 saturated heterocycles. The zero-order chi connectivity index (χ0) is 46.7. The number of thioether (sulfide) groups is 2. The van der Waals surface area contributed by atoms with Gasteiger partial charge in [-0.2, -0.15) is 11.8 Å². The summed E-state index contributed by atoms with van der Waals surface area (Å²) in [7, 11) is 0. The fraction of sp³-hybridized carbons (Fsp3) is 0.400. The first-order chi connectivity index (χ1) is 30.3. The normalized spacial score (nSPS) is 12.0. The molecule has 2 N–H and O–H groups in total. The minimum atomic E-state index is 0.264. The highest BCUT2D eigenvalue weighted by molar-refractivity contribution is 8.02. The van der Waals surface area contributed by atoms with E-state index in [0.29, 0.717) is 29.8 Å². The molecule has 6 aromatic rings. The van der Waals surface area contributed by atoms with Crippen molar-refractivity contribution in [2.45, 2.75) is 144 Å². The summed E-state index contributed by atoms with van der Waals surface area (Å²) in [6.07, 6.45) is 2.88. The van der Waals surface area contributed by atoms with Crippen LogP contribution in [0, 0.1) is 13.8 Å². The molecule has 338 valence electrons. The van der Waals surface area contributed by atoms with Crippen LogP contribution in [-0.2, 0) is 6.42 Å². The fourth-order valence-corrected chi connectivity index (χ4v) is 11.1. The number of aromatic hydroxyl groups is 2. The van der Waals surface area contributed by atoms with E-state index in [-0.39, 0.29) is 23.7 Å². The lowest BCUT2D eigenvalue weighted by Gasteiger charge is -2.26. The molecule has 0 aliphatic carbocycles. The first-order valence-corrected chi connectivity index (χ1v) is 26.1. The van der Waals surface area contributed by atoms with E-state index in [1.54, 1.807) is 0 Å². The molecule has 0 spiro atoms. The fourth-order valence-electron chi connectivity index (χ4n) is 9.29. The van der Waals surface area contributed by atoms with Gasteiger partial charge in [0, 0.05) is 38.7 Å². The third kappa shape index (κ3) is 10.5. The van der Waals surface area contributed by atoms with E-state index < -0.39 is 0 Å². The van der Waals surface area contributed by atoms with E-state index in [0.717, 1.165) is 77.6 Å². The maximum Gasteiger partial charge on any atom is 0.131 e. The minimum absolute atomic E-state index is 0.264. The topological polar surface area (TPSA) is 40.5 Å². The van der Waals surface area contributed by atoms with Gasteiger partial charge in [0.05, 0.1) is 0 Å². The zero-order valence-electron chi connectivity index (χ0n) is 41.5. The highest BCUT2D eigenvalue weighted by Gasteiger charge is 2.28. The van der Waals surface area contributed by atoms with E-state index in [2.05, 4.69) is 194 Å². The zero-order valence-corrected chi connectivity index (χ0v) is 43.1. The first-order valence-electron chi connectivity index (χ1n) is 23.7. The van der Waals surface area contributed by atoms with Crippen molar-refractivity contribution in [1.82, 2.24) is 0 Å². The summed E-state index contributed by atoms with van der Waals surface area (Å²) in [6, 6.07) is 33.5. The molecule has 0 amide bonds. The summed E-state index contributed by atoms with van der Waals surface area (Å²) < 4.78 is 0. The third-order valence-electron chi connectivity index (χ3n) is 12.8. The summed E-state index contributed by atoms with van der Waals surface area (Å²) in [5, 5.41) is 26.0. The number of phenolic OH excluding ortho intramolecular Hbond substituents is 2. The van der Waals surface area contributed by atoms with Gasteiger partial charge in [-0.1, -0.05) is 138 Å². The van der Waals surface area contributed by atoms with Crippen molar-refractivity contribution in [3.8, 4) is 56.0 Å². The molecule has 0 radical (unpaired) electrons. The Bertz CT molecular complexity index is 2380. The van der Waals surface area contributed by atoms with Gasteiger partial charge in [0.15, 0.2) is 0 Å². The Labute approximate surface area is 395 Å². The lowest BCUT2D eigenvalue weighted by atomic mass is 9.80. The minimum Gasteiger partial charge on any atom is -0.507 e. The highest BCUT2D eigenvalue weighted by Crippen LogP contribution is 2.52. The molecule has 0 unspecified atom stereocenters. The number of phenols is 2. The number of benzene rings is 6. The second-order valence-electron chi connectivity index (χ2n) is 20.0. The van der Waals surface area contributed by atoms with Crippen LogP contribution in [0.2, 0.25) is 0 Å². The summed E-state index contributed by atoms with van der Waals surface area (Å²) in [5.41, 5.74) is 20.1. The van der Waals surface area contributed by atoms with Gasteiger partial charge in [0.2, 0.25) is 0 Å². The van der Waals surface area contributed by atoms with Gasteiger partial charge < -0.3 is 10.2 Å². The largest absolute Gasteiger partial charge is 0.507 e. The molecular weight excluding hydrogens is 817 g/mol. The van der Waals surface area contributed by atoms with Crippen LogP contribution in [0.5, 0.6) is 11.5 Å². The summed E-state index contributed by atoms with van der Waals surface area (Å²) >= 11 is 3.68. The standard InChI is InChI=1S/C60H74O2S2/c1-34(2)44-30-46(36(5)6)56(47(31-44)37(7)8)54-25-40(13)23-50(58(54)61)52-28-43(27-42-19-17-16-18-20-42)29-53(60(52)64-22-21-63-15)51-24-41(14)26-55(59(51)62)57-48(38(9)10)32-45(35(3)4)33-49(57)39(11)12/h16-20,23-26,28-39,61-62H,21-22,27H2,1-15H3. The second-order valence-corrected chi connectivity index (χ2v) is 22.1. The van der Waals surface area contributed by atoms with Crippen molar-refractivity contribution in [2.24, 2.45) is 0 Å². The summed E-state index contributed by atoms with van der Waals surface area (Å²) in [6.45, 7) is 31.6. The van der Waals surface area contributed by atoms with E-state index >= 15 is 0 Å². The molecule has 64 heavy (non-hydrogen) atoms. The Kier molecular flexibility index (Phi) is 16.0. The van der Waals surface area contributed by atoms with Crippen LogP contribution >= 0.6 is 23.5 Å². The summed E-state index contributed by atoms with van der Waals surface area (Å²) in [4.78, 5) is 1.08. The molecule has 0 bridgehead atoms. The molecule has 0 fully saturated rings. The van der Waals surface area contributed by atoms with Gasteiger partial charge in [-0.05, 0) is 176 Å². The molecule has 0 aromatic heterocycles. The van der Waals surface area contributed by atoms with E-state index in [1.807, 2.05) is 23.5 Å². The molecule has 4 heteroatoms. The maximum atomic E-state index is 13.0. The third-order valence-corrected chi connectivity index (χ3v) is 14.8. The Morgan fingerprint density at radius 2 is 0.797 bits per heavy atom. The van der Waals surface area contributed by atoms with E-state index in [9.17, 15) is 10.2 Å². The lowest BCUT2D eigenvalue weighted by molar-refractivity contribution is 0.478. The molecule has 0 saturated carbocycles. The van der Waals surface area contributed by atoms with Crippen LogP contribution in [0.15, 0.2) is 95.9 Å². The second kappa shape index (κ2) is 20.8. The van der Waals surface area contributed by atoms with E-state index in [1.165, 1.54) is 38.9 Å². The number of rotatable bonds is 16. The van der Waals surface area contributed by atoms with Crippen LogP contribution in [0.25, 0.3) is 44.5 Å². The Hall–Kier alpha value is -4.38. The number of hydrogen-bond donors (Lipinski definition) is 2. The molecule has 0 aliphatic rings. The van der Waals surface area contributed by atoms with Crippen LogP contribution in [0.3, 0.4) is 0 Å². The molecule has 6 rings (SSSR count). The predicted molar refractivity (Wildman–Crippen MR) is 284 cm³/mol. The van der Waals surface area contributed by atoms with Crippen molar-refractivity contribution in [3.05, 3.63) is 147 Å². The van der Waals surface area contributed by atoms with Crippen LogP contribution in [0.1, 0.15) is 174 Å². The smallest absolute Gasteiger partial charge is 0.131 e. The molecular formula is C60H74O2S2. The maximum absolute atomic E-state index is 13.0. The van der Waals surface area contributed by atoms with Crippen LogP contribution in [-0.4, -0.2) is 28.0 Å². The van der Waals surface area contributed by atoms with Gasteiger partial charge >= 0.3 is 0 Å². The van der Waals surface area contributed by atoms with Gasteiger partial charge in [-0.15, -0.1) is 11.8 Å². The first kappa shape index (κ1) is 49.1. The SMILES string of the molecule is CSCCSc1c(-c2cc(C)cc(-c3c(C(C)C)cc(C(C)C)cc3C(C)C)c2O)cc(Cc2ccccc2)cc1-c1cc(C)cc(-c2c(C(C)C)cc(C(C)C)cc2C(C)C)c1O. The Morgan fingerprint density at radius 3 is 1.14 bits per heavy atom. The lowest BCUT2D eigenvalue weighted by Crippen LogP contribution is -2.05. The van der Waals surface area contributed by atoms with Crippen LogP contribution in [0.4, 0.5) is 0 Å². The number of aryl methyl sites for hydroxylation is 2. The molecule has 0 aliphatic heterocycles. The van der Waals surface area contributed by atoms with Gasteiger partial charge in [-0.3, -0.25) is 0 Å². The van der Waals surface area contributed by atoms with Crippen molar-refractivity contribution >= 4 is 23.5 Å². The van der Waals surface area contributed by atoms with Crippen LogP contribution < -0.4 is 0 Å². The average Bonchev–Trinajstić information content (AvgIpc) is 3.24. The quantitative estimate of drug-likeness (QED) is 0.0750. The van der Waals surface area contributed by atoms with Crippen molar-refractivity contribution in [3.63, 3.8) is 0 Å². The van der Waals surface area contributed by atoms with Gasteiger partial charge in [0.25, 0.3) is 0 Å². The number of hydrogen-bond acceptors (Lipinski definition) is 4. The Morgan fingerprint density at radius 1 is 0.422 bits per heavy atom. The molecule has 6 aromatic carbocycles. The monoisotopic (exact) mass is 891 g/mol. The van der Waals surface area contributed by atoms with Crippen molar-refractivity contribution in [2.75, 3.05) is 17.8 Å². The molecule has 0 atom stereocenters. The van der Waals surface area contributed by atoms with Crippen molar-refractivity contribution in [1.29, 1.82) is 0 Å². The van der Waals surface area contributed by atoms with Crippen molar-refractivity contribution < 1.29 is 10.2 Å². The Balaban J connectivity index is 1.74. The highest BCUT2D eigenvalue weighted by atomic mass is 32.2. The predicted octanol–water partition coefficient (Wildman–Crippen LogP) is 18.2. The molecule has 0 heterocycles. The molecule has 2 nitrogen and oxygen atoms in total. The van der Waals surface area contributed by atoms with E-state index in [4.69, 9.17) is 0 Å². The average molecular weight is 891 g/mol. The summed E-state index contributed by atoms with van der Waals surface area (Å²) in [5.74, 6) is 4.32. The van der Waals surface area contributed by atoms with Gasteiger partial charge in [0.1, 0.15) is 11.5 Å². The van der Waals surface area contributed by atoms with Gasteiger partial charge in [-0.25, -0.2) is 0 Å².